The number of piperazine rings is 1. The molecule has 0 aromatic carbocycles. The SMILES string of the molecule is CC(=O)c1cc(CC(=O)N2CCN(c3ncnc(C)c3C)CC2)cs1. The fourth-order valence-electron chi connectivity index (χ4n) is 2.95. The van der Waals surface area contributed by atoms with E-state index >= 15 is 0 Å². The molecule has 25 heavy (non-hydrogen) atoms. The van der Waals surface area contributed by atoms with Crippen LogP contribution < -0.4 is 4.90 Å². The van der Waals surface area contributed by atoms with Gasteiger partial charge in [-0.3, -0.25) is 9.59 Å². The van der Waals surface area contributed by atoms with Crippen LogP contribution in [0, 0.1) is 13.8 Å². The van der Waals surface area contributed by atoms with Crippen molar-refractivity contribution in [1.82, 2.24) is 14.9 Å². The molecule has 0 bridgehead atoms. The third-order valence-electron chi connectivity index (χ3n) is 4.60. The van der Waals surface area contributed by atoms with Gasteiger partial charge < -0.3 is 9.80 Å². The number of hydrogen-bond donors (Lipinski definition) is 0. The molecule has 1 amide bonds. The summed E-state index contributed by atoms with van der Waals surface area (Å²) in [4.78, 5) is 37.3. The Morgan fingerprint density at radius 2 is 1.88 bits per heavy atom. The maximum atomic E-state index is 12.5. The highest BCUT2D eigenvalue weighted by atomic mass is 32.1. The summed E-state index contributed by atoms with van der Waals surface area (Å²) in [5, 5.41) is 1.90. The van der Waals surface area contributed by atoms with Crippen molar-refractivity contribution in [2.45, 2.75) is 27.2 Å². The average Bonchev–Trinajstić information content (AvgIpc) is 3.06. The van der Waals surface area contributed by atoms with E-state index in [1.54, 1.807) is 13.3 Å². The lowest BCUT2D eigenvalue weighted by atomic mass is 10.1. The van der Waals surface area contributed by atoms with Gasteiger partial charge in [-0.25, -0.2) is 9.97 Å². The number of anilines is 1. The maximum absolute atomic E-state index is 12.5. The van der Waals surface area contributed by atoms with Gasteiger partial charge in [0, 0.05) is 37.4 Å². The summed E-state index contributed by atoms with van der Waals surface area (Å²) in [5.41, 5.74) is 3.00. The molecular formula is C18H22N4O2S. The number of aromatic nitrogens is 2. The molecule has 0 atom stereocenters. The molecule has 6 nitrogen and oxygen atoms in total. The summed E-state index contributed by atoms with van der Waals surface area (Å²) in [6.07, 6.45) is 1.95. The third kappa shape index (κ3) is 3.87. The summed E-state index contributed by atoms with van der Waals surface area (Å²) < 4.78 is 0. The molecule has 0 saturated carbocycles. The Kier molecular flexibility index (Phi) is 5.13. The van der Waals surface area contributed by atoms with Gasteiger partial charge in [-0.15, -0.1) is 11.3 Å². The standard InChI is InChI=1S/C18H22N4O2S/c1-12-13(2)19-11-20-18(12)22-6-4-21(5-7-22)17(24)9-15-8-16(14(3)23)25-10-15/h8,10-11H,4-7,9H2,1-3H3. The Bertz CT molecular complexity index is 794. The lowest BCUT2D eigenvalue weighted by Crippen LogP contribution is -2.49. The molecule has 0 unspecified atom stereocenters. The van der Waals surface area contributed by atoms with Crippen molar-refractivity contribution in [2.75, 3.05) is 31.1 Å². The van der Waals surface area contributed by atoms with Crippen molar-refractivity contribution in [3.8, 4) is 0 Å². The van der Waals surface area contributed by atoms with Crippen LogP contribution >= 0.6 is 11.3 Å². The van der Waals surface area contributed by atoms with Gasteiger partial charge in [0.1, 0.15) is 12.1 Å². The van der Waals surface area contributed by atoms with Gasteiger partial charge in [0.25, 0.3) is 0 Å². The molecule has 0 N–H and O–H groups in total. The van der Waals surface area contributed by atoms with Gasteiger partial charge in [-0.05, 0) is 37.8 Å². The van der Waals surface area contributed by atoms with Crippen LogP contribution in [0.25, 0.3) is 0 Å². The normalized spacial score (nSPS) is 14.7. The largest absolute Gasteiger partial charge is 0.353 e. The highest BCUT2D eigenvalue weighted by Gasteiger charge is 2.23. The van der Waals surface area contributed by atoms with Gasteiger partial charge >= 0.3 is 0 Å². The number of carbonyl (C=O) groups is 2. The molecule has 132 valence electrons. The first-order valence-corrected chi connectivity index (χ1v) is 9.23. The fraction of sp³-hybridized carbons (Fsp3) is 0.444. The van der Waals surface area contributed by atoms with E-state index in [1.165, 1.54) is 11.3 Å². The Labute approximate surface area is 151 Å². The number of Topliss-reactive ketones (excluding diaryl/α,β-unsaturated/α-hetero) is 1. The van der Waals surface area contributed by atoms with Crippen molar-refractivity contribution in [1.29, 1.82) is 0 Å². The van der Waals surface area contributed by atoms with Gasteiger partial charge in [-0.1, -0.05) is 0 Å². The molecule has 3 heterocycles. The molecular weight excluding hydrogens is 336 g/mol. The van der Waals surface area contributed by atoms with Gasteiger partial charge in [-0.2, -0.15) is 0 Å². The molecule has 0 spiro atoms. The number of amides is 1. The molecule has 2 aromatic heterocycles. The minimum atomic E-state index is 0.0489. The first-order valence-electron chi connectivity index (χ1n) is 8.35. The number of rotatable bonds is 4. The average molecular weight is 358 g/mol. The summed E-state index contributed by atoms with van der Waals surface area (Å²) in [6, 6.07) is 1.83. The first-order chi connectivity index (χ1) is 12.0. The second kappa shape index (κ2) is 7.31. The van der Waals surface area contributed by atoms with E-state index in [-0.39, 0.29) is 11.7 Å². The van der Waals surface area contributed by atoms with E-state index < -0.39 is 0 Å². The Morgan fingerprint density at radius 1 is 1.16 bits per heavy atom. The molecule has 1 aliphatic heterocycles. The molecule has 1 saturated heterocycles. The van der Waals surface area contributed by atoms with Crippen molar-refractivity contribution >= 4 is 28.8 Å². The molecule has 3 rings (SSSR count). The Morgan fingerprint density at radius 3 is 2.52 bits per heavy atom. The topological polar surface area (TPSA) is 66.4 Å². The van der Waals surface area contributed by atoms with Crippen LogP contribution in [-0.4, -0.2) is 52.7 Å². The van der Waals surface area contributed by atoms with Crippen molar-refractivity contribution in [3.63, 3.8) is 0 Å². The zero-order valence-electron chi connectivity index (χ0n) is 14.8. The van der Waals surface area contributed by atoms with Crippen LogP contribution in [0.5, 0.6) is 0 Å². The van der Waals surface area contributed by atoms with Crippen LogP contribution in [0.1, 0.15) is 33.4 Å². The summed E-state index contributed by atoms with van der Waals surface area (Å²) in [7, 11) is 0. The Hall–Kier alpha value is -2.28. The van der Waals surface area contributed by atoms with Gasteiger partial charge in [0.2, 0.25) is 5.91 Å². The minimum Gasteiger partial charge on any atom is -0.353 e. The number of thiophene rings is 1. The smallest absolute Gasteiger partial charge is 0.227 e. The summed E-state index contributed by atoms with van der Waals surface area (Å²) in [6.45, 7) is 8.47. The maximum Gasteiger partial charge on any atom is 0.227 e. The monoisotopic (exact) mass is 358 g/mol. The minimum absolute atomic E-state index is 0.0489. The van der Waals surface area contributed by atoms with Crippen LogP contribution in [-0.2, 0) is 11.2 Å². The Balaban J connectivity index is 1.59. The fourth-order valence-corrected chi connectivity index (χ4v) is 3.77. The molecule has 1 aliphatic rings. The summed E-state index contributed by atoms with van der Waals surface area (Å²) in [5.74, 6) is 1.12. The highest BCUT2D eigenvalue weighted by Crippen LogP contribution is 2.21. The summed E-state index contributed by atoms with van der Waals surface area (Å²) >= 11 is 1.40. The number of aryl methyl sites for hydroxylation is 1. The third-order valence-corrected chi connectivity index (χ3v) is 5.68. The zero-order valence-corrected chi connectivity index (χ0v) is 15.6. The van der Waals surface area contributed by atoms with Crippen molar-refractivity contribution in [3.05, 3.63) is 39.5 Å². The lowest BCUT2D eigenvalue weighted by Gasteiger charge is -2.36. The number of hydrogen-bond acceptors (Lipinski definition) is 6. The predicted octanol–water partition coefficient (Wildman–Crippen LogP) is 2.25. The molecule has 7 heteroatoms. The van der Waals surface area contributed by atoms with E-state index in [2.05, 4.69) is 14.9 Å². The van der Waals surface area contributed by atoms with E-state index in [9.17, 15) is 9.59 Å². The quantitative estimate of drug-likeness (QED) is 0.784. The van der Waals surface area contributed by atoms with E-state index in [0.717, 1.165) is 35.7 Å². The second-order valence-electron chi connectivity index (χ2n) is 6.33. The molecule has 0 aliphatic carbocycles. The van der Waals surface area contributed by atoms with Crippen LogP contribution in [0.3, 0.4) is 0 Å². The van der Waals surface area contributed by atoms with Gasteiger partial charge in [0.15, 0.2) is 5.78 Å². The highest BCUT2D eigenvalue weighted by molar-refractivity contribution is 7.12. The first kappa shape index (κ1) is 17.5. The lowest BCUT2D eigenvalue weighted by molar-refractivity contribution is -0.130. The number of ketones is 1. The van der Waals surface area contributed by atoms with Crippen LogP contribution in [0.15, 0.2) is 17.8 Å². The van der Waals surface area contributed by atoms with Gasteiger partial charge in [0.05, 0.1) is 11.3 Å². The molecule has 2 aromatic rings. The van der Waals surface area contributed by atoms with E-state index in [4.69, 9.17) is 0 Å². The van der Waals surface area contributed by atoms with Crippen molar-refractivity contribution < 1.29 is 9.59 Å². The second-order valence-corrected chi connectivity index (χ2v) is 7.24. The van der Waals surface area contributed by atoms with Crippen LogP contribution in [0.2, 0.25) is 0 Å². The number of carbonyl (C=O) groups excluding carboxylic acids is 2. The van der Waals surface area contributed by atoms with Crippen LogP contribution in [0.4, 0.5) is 5.82 Å². The van der Waals surface area contributed by atoms with E-state index in [1.807, 2.05) is 30.2 Å². The zero-order chi connectivity index (χ0) is 18.0. The van der Waals surface area contributed by atoms with Crippen molar-refractivity contribution in [2.24, 2.45) is 0 Å². The molecule has 0 radical (unpaired) electrons. The van der Waals surface area contributed by atoms with E-state index in [0.29, 0.717) is 24.4 Å². The number of nitrogens with zero attached hydrogens (tertiary/aromatic N) is 4. The predicted molar refractivity (Wildman–Crippen MR) is 98.3 cm³/mol. The molecule has 1 fully saturated rings.